The lowest BCUT2D eigenvalue weighted by molar-refractivity contribution is -0.132. The van der Waals surface area contributed by atoms with E-state index >= 15 is 0 Å². The predicted octanol–water partition coefficient (Wildman–Crippen LogP) is 6.26. The number of carbonyl (C=O) groups excluding carboxylic acids is 1. The topological polar surface area (TPSA) is 96.2 Å². The van der Waals surface area contributed by atoms with Crippen molar-refractivity contribution in [1.82, 2.24) is 0 Å². The minimum atomic E-state index is -1.14. The molecule has 0 bridgehead atoms. The first-order valence-electron chi connectivity index (χ1n) is 14.1. The number of hydrogen-bond donors (Lipinski definition) is 3. The number of fused-ring (bicyclic) bond motifs is 1. The van der Waals surface area contributed by atoms with Gasteiger partial charge >= 0.3 is 5.97 Å². The molecule has 0 radical (unpaired) electrons. The molecule has 2 rings (SSSR count). The molecule has 37 heavy (non-hydrogen) atoms. The van der Waals surface area contributed by atoms with Crippen LogP contribution in [0.5, 0.6) is 11.5 Å². The van der Waals surface area contributed by atoms with Gasteiger partial charge in [0.1, 0.15) is 17.1 Å². The van der Waals surface area contributed by atoms with E-state index in [0.29, 0.717) is 30.9 Å². The van der Waals surface area contributed by atoms with Crippen LogP contribution >= 0.6 is 0 Å². The van der Waals surface area contributed by atoms with Crippen molar-refractivity contribution < 1.29 is 29.6 Å². The molecule has 0 fully saturated rings. The Labute approximate surface area is 224 Å². The molecule has 0 saturated heterocycles. The smallest absolute Gasteiger partial charge is 0.308 e. The molecule has 0 unspecified atom stereocenters. The second kappa shape index (κ2) is 12.5. The van der Waals surface area contributed by atoms with Crippen molar-refractivity contribution in [2.24, 2.45) is 5.92 Å². The van der Waals surface area contributed by atoms with E-state index in [1.165, 1.54) is 6.92 Å². The summed E-state index contributed by atoms with van der Waals surface area (Å²) in [5.41, 5.74) is 2.01. The van der Waals surface area contributed by atoms with Crippen LogP contribution in [0.2, 0.25) is 0 Å². The van der Waals surface area contributed by atoms with Gasteiger partial charge in [0.15, 0.2) is 0 Å². The number of esters is 1. The third-order valence-corrected chi connectivity index (χ3v) is 8.40. The van der Waals surface area contributed by atoms with E-state index in [2.05, 4.69) is 20.8 Å². The maximum atomic E-state index is 11.6. The summed E-state index contributed by atoms with van der Waals surface area (Å²) in [6.45, 7) is 17.0. The summed E-state index contributed by atoms with van der Waals surface area (Å²) < 4.78 is 12.2. The van der Waals surface area contributed by atoms with E-state index in [4.69, 9.17) is 9.47 Å². The van der Waals surface area contributed by atoms with Gasteiger partial charge in [0, 0.05) is 12.5 Å². The number of carbonyl (C=O) groups is 1. The normalized spacial score (nSPS) is 21.0. The van der Waals surface area contributed by atoms with E-state index in [9.17, 15) is 20.1 Å². The average Bonchev–Trinajstić information content (AvgIpc) is 2.77. The molecule has 6 heteroatoms. The third kappa shape index (κ3) is 8.97. The molecule has 1 aliphatic heterocycles. The van der Waals surface area contributed by atoms with Crippen molar-refractivity contribution in [3.63, 3.8) is 0 Å². The molecule has 4 atom stereocenters. The Morgan fingerprint density at radius 3 is 2.24 bits per heavy atom. The van der Waals surface area contributed by atoms with E-state index in [1.54, 1.807) is 13.8 Å². The molecular weight excluding hydrogens is 468 g/mol. The Morgan fingerprint density at radius 1 is 1.03 bits per heavy atom. The van der Waals surface area contributed by atoms with Gasteiger partial charge in [-0.2, -0.15) is 0 Å². The van der Waals surface area contributed by atoms with E-state index in [-0.39, 0.29) is 11.6 Å². The first-order valence-corrected chi connectivity index (χ1v) is 14.1. The fourth-order valence-corrected chi connectivity index (χ4v) is 5.48. The minimum absolute atomic E-state index is 0.204. The van der Waals surface area contributed by atoms with Crippen molar-refractivity contribution in [1.29, 1.82) is 0 Å². The fraction of sp³-hybridized carbons (Fsp3) is 0.774. The van der Waals surface area contributed by atoms with Crippen LogP contribution < -0.4 is 9.47 Å². The van der Waals surface area contributed by atoms with Gasteiger partial charge in [-0.3, -0.25) is 4.79 Å². The highest BCUT2D eigenvalue weighted by atomic mass is 16.5. The summed E-state index contributed by atoms with van der Waals surface area (Å²) >= 11 is 0. The van der Waals surface area contributed by atoms with Crippen molar-refractivity contribution in [2.75, 3.05) is 0 Å². The number of hydrogen-bond acceptors (Lipinski definition) is 6. The second-order valence-electron chi connectivity index (χ2n) is 12.8. The predicted molar refractivity (Wildman–Crippen MR) is 148 cm³/mol. The molecule has 0 aromatic heterocycles. The standard InChI is InChI=1S/C31H52O6/c1-20(12-10-16-30(8,35)18-15-26(33)29(6,7)34)13-11-17-31(9)19-14-25-23(4)27(36-24(5)32)21(2)22(3)28(25)37-31/h20,26,33-35H,10-19H2,1-9H3/t20-,26+,30-,31-/m1/s1. The van der Waals surface area contributed by atoms with Crippen LogP contribution in [-0.2, 0) is 11.2 Å². The summed E-state index contributed by atoms with van der Waals surface area (Å²) in [5, 5.41) is 30.6. The molecule has 1 aliphatic rings. The van der Waals surface area contributed by atoms with Gasteiger partial charge in [-0.25, -0.2) is 0 Å². The number of aliphatic hydroxyl groups excluding tert-OH is 1. The molecule has 1 aromatic carbocycles. The molecule has 3 N–H and O–H groups in total. The van der Waals surface area contributed by atoms with E-state index in [0.717, 1.165) is 72.9 Å². The van der Waals surface area contributed by atoms with Crippen LogP contribution in [0.25, 0.3) is 0 Å². The van der Waals surface area contributed by atoms with Crippen LogP contribution in [0, 0.1) is 26.7 Å². The SMILES string of the molecule is CC(=O)Oc1c(C)c(C)c2c(c1C)CC[C@@](C)(CCC[C@H](C)CCC[C@@](C)(O)CC[C@H](O)C(C)(C)O)O2. The molecule has 1 aromatic rings. The molecule has 6 nitrogen and oxygen atoms in total. The van der Waals surface area contributed by atoms with Crippen LogP contribution in [0.15, 0.2) is 0 Å². The summed E-state index contributed by atoms with van der Waals surface area (Å²) in [7, 11) is 0. The lowest BCUT2D eigenvalue weighted by Crippen LogP contribution is -2.37. The highest BCUT2D eigenvalue weighted by Gasteiger charge is 2.35. The summed E-state index contributed by atoms with van der Waals surface area (Å²) in [4.78, 5) is 11.6. The van der Waals surface area contributed by atoms with E-state index in [1.807, 2.05) is 20.8 Å². The number of aliphatic hydroxyl groups is 3. The van der Waals surface area contributed by atoms with Gasteiger partial charge in [-0.1, -0.05) is 26.2 Å². The zero-order chi connectivity index (χ0) is 28.2. The summed E-state index contributed by atoms with van der Waals surface area (Å²) in [6.07, 6.45) is 7.78. The van der Waals surface area contributed by atoms with Gasteiger partial charge < -0.3 is 24.8 Å². The maximum Gasteiger partial charge on any atom is 0.308 e. The lowest BCUT2D eigenvalue weighted by Gasteiger charge is -2.38. The van der Waals surface area contributed by atoms with Gasteiger partial charge in [0.2, 0.25) is 0 Å². The lowest BCUT2D eigenvalue weighted by atomic mass is 9.83. The van der Waals surface area contributed by atoms with Crippen LogP contribution in [0.1, 0.15) is 122 Å². The quantitative estimate of drug-likeness (QED) is 0.210. The van der Waals surface area contributed by atoms with Crippen LogP contribution in [-0.4, -0.2) is 44.2 Å². The number of ether oxygens (including phenoxy) is 2. The number of benzene rings is 1. The zero-order valence-corrected chi connectivity index (χ0v) is 24.8. The molecule has 212 valence electrons. The second-order valence-corrected chi connectivity index (χ2v) is 12.8. The third-order valence-electron chi connectivity index (χ3n) is 8.40. The Balaban J connectivity index is 1.83. The van der Waals surface area contributed by atoms with Crippen molar-refractivity contribution in [3.05, 3.63) is 22.3 Å². The maximum absolute atomic E-state index is 11.6. The minimum Gasteiger partial charge on any atom is -0.487 e. The Bertz CT molecular complexity index is 929. The monoisotopic (exact) mass is 520 g/mol. The van der Waals surface area contributed by atoms with Crippen molar-refractivity contribution in [2.45, 2.75) is 149 Å². The average molecular weight is 521 g/mol. The molecule has 0 aliphatic carbocycles. The zero-order valence-electron chi connectivity index (χ0n) is 24.8. The summed E-state index contributed by atoms with van der Waals surface area (Å²) in [6, 6.07) is 0. The molecule has 0 spiro atoms. The highest BCUT2D eigenvalue weighted by molar-refractivity contribution is 5.72. The first-order chi connectivity index (χ1) is 17.0. The molecule has 0 amide bonds. The fourth-order valence-electron chi connectivity index (χ4n) is 5.48. The van der Waals surface area contributed by atoms with Crippen LogP contribution in [0.4, 0.5) is 0 Å². The van der Waals surface area contributed by atoms with Gasteiger partial charge in [0.25, 0.3) is 0 Å². The van der Waals surface area contributed by atoms with Gasteiger partial charge in [-0.15, -0.1) is 0 Å². The Hall–Kier alpha value is -1.63. The van der Waals surface area contributed by atoms with Crippen molar-refractivity contribution >= 4 is 5.97 Å². The van der Waals surface area contributed by atoms with Crippen molar-refractivity contribution in [3.8, 4) is 11.5 Å². The van der Waals surface area contributed by atoms with Gasteiger partial charge in [-0.05, 0) is 116 Å². The van der Waals surface area contributed by atoms with E-state index < -0.39 is 17.3 Å². The van der Waals surface area contributed by atoms with Gasteiger partial charge in [0.05, 0.1) is 17.3 Å². The Morgan fingerprint density at radius 2 is 1.65 bits per heavy atom. The molecule has 0 saturated carbocycles. The largest absolute Gasteiger partial charge is 0.487 e. The van der Waals surface area contributed by atoms with Crippen LogP contribution in [0.3, 0.4) is 0 Å². The molecule has 1 heterocycles. The molecular formula is C31H52O6. The first kappa shape index (κ1) is 31.6. The Kier molecular flexibility index (Phi) is 10.7. The summed E-state index contributed by atoms with van der Waals surface area (Å²) in [5.74, 6) is 1.91. The highest BCUT2D eigenvalue weighted by Crippen LogP contribution is 2.45. The number of rotatable bonds is 13.